The molecule has 1 N–H and O–H groups in total. The zero-order chi connectivity index (χ0) is 5.11. The van der Waals surface area contributed by atoms with E-state index in [9.17, 15) is 0 Å². The van der Waals surface area contributed by atoms with Crippen molar-refractivity contribution in [1.29, 1.82) is 0 Å². The van der Waals surface area contributed by atoms with E-state index in [2.05, 4.69) is 0 Å². The molecule has 1 saturated heterocycles. The Morgan fingerprint density at radius 2 is 1.57 bits per heavy atom. The van der Waals surface area contributed by atoms with Crippen LogP contribution in [-0.2, 0) is 11.2 Å². The maximum Gasteiger partial charge on any atom is 0.143 e. The third kappa shape index (κ3) is 1.70. The van der Waals surface area contributed by atoms with Crippen LogP contribution in [0.1, 0.15) is 19.3 Å². The van der Waals surface area contributed by atoms with Crippen LogP contribution >= 0.6 is 0 Å². The summed E-state index contributed by atoms with van der Waals surface area (Å²) >= 11 is -0.190. The highest BCUT2D eigenvalue weighted by Gasteiger charge is 2.18. The summed E-state index contributed by atoms with van der Waals surface area (Å²) in [5.74, 6) is 2.14. The van der Waals surface area contributed by atoms with Gasteiger partial charge >= 0.3 is 0 Å². The van der Waals surface area contributed by atoms with Gasteiger partial charge in [0.25, 0.3) is 0 Å². The minimum Gasteiger partial charge on any atom is -0.188 e. The van der Waals surface area contributed by atoms with E-state index in [1.165, 1.54) is 19.3 Å². The van der Waals surface area contributed by atoms with Gasteiger partial charge in [0, 0.05) is 0 Å². The van der Waals surface area contributed by atoms with Crippen LogP contribution in [-0.4, -0.2) is 16.1 Å². The molecule has 0 bridgehead atoms. The van der Waals surface area contributed by atoms with Gasteiger partial charge in [-0.2, -0.15) is 4.55 Å². The molecule has 0 aromatic heterocycles. The Morgan fingerprint density at radius 1 is 1.00 bits per heavy atom. The van der Waals surface area contributed by atoms with E-state index in [4.69, 9.17) is 4.55 Å². The van der Waals surface area contributed by atoms with E-state index in [-0.39, 0.29) is 11.2 Å². The summed E-state index contributed by atoms with van der Waals surface area (Å²) < 4.78 is 8.94. The highest BCUT2D eigenvalue weighted by Crippen LogP contribution is 2.09. The molecule has 0 atom stereocenters. The average molecular weight is 119 g/mol. The highest BCUT2D eigenvalue weighted by atomic mass is 32.2. The van der Waals surface area contributed by atoms with Crippen LogP contribution in [0.25, 0.3) is 0 Å². The van der Waals surface area contributed by atoms with Crippen molar-refractivity contribution in [3.05, 3.63) is 0 Å². The SMILES string of the molecule is O[S+]1CCCCC1. The fourth-order valence-corrected chi connectivity index (χ4v) is 2.10. The monoisotopic (exact) mass is 119 g/mol. The lowest BCUT2D eigenvalue weighted by molar-refractivity contribution is 0.609. The predicted octanol–water partition coefficient (Wildman–Crippen LogP) is 1.26. The lowest BCUT2D eigenvalue weighted by Gasteiger charge is -2.04. The molecule has 0 saturated carbocycles. The van der Waals surface area contributed by atoms with Crippen molar-refractivity contribution in [2.24, 2.45) is 0 Å². The van der Waals surface area contributed by atoms with Crippen LogP contribution in [0.3, 0.4) is 0 Å². The van der Waals surface area contributed by atoms with Crippen LogP contribution in [0.4, 0.5) is 0 Å². The summed E-state index contributed by atoms with van der Waals surface area (Å²) in [5.41, 5.74) is 0. The zero-order valence-electron chi connectivity index (χ0n) is 4.39. The van der Waals surface area contributed by atoms with Gasteiger partial charge in [0.15, 0.2) is 0 Å². The lowest BCUT2D eigenvalue weighted by Crippen LogP contribution is -2.15. The molecule has 0 unspecified atom stereocenters. The first-order valence-electron chi connectivity index (χ1n) is 2.76. The highest BCUT2D eigenvalue weighted by molar-refractivity contribution is 7.91. The minimum absolute atomic E-state index is 0.190. The molecule has 0 radical (unpaired) electrons. The Labute approximate surface area is 47.3 Å². The quantitative estimate of drug-likeness (QED) is 0.476. The molecule has 7 heavy (non-hydrogen) atoms. The van der Waals surface area contributed by atoms with Crippen molar-refractivity contribution in [3.63, 3.8) is 0 Å². The average Bonchev–Trinajstić information content (AvgIpc) is 1.69. The van der Waals surface area contributed by atoms with Crippen molar-refractivity contribution in [2.45, 2.75) is 19.3 Å². The summed E-state index contributed by atoms with van der Waals surface area (Å²) in [7, 11) is 0. The van der Waals surface area contributed by atoms with Crippen LogP contribution in [0, 0.1) is 0 Å². The molecule has 2 heteroatoms. The van der Waals surface area contributed by atoms with E-state index < -0.39 is 0 Å². The van der Waals surface area contributed by atoms with Crippen LogP contribution in [0.5, 0.6) is 0 Å². The van der Waals surface area contributed by atoms with E-state index in [0.29, 0.717) is 0 Å². The first-order chi connectivity index (χ1) is 3.39. The maximum atomic E-state index is 8.94. The van der Waals surface area contributed by atoms with Gasteiger partial charge in [0.05, 0.1) is 0 Å². The predicted molar refractivity (Wildman–Crippen MR) is 33.6 cm³/mol. The van der Waals surface area contributed by atoms with E-state index in [1.54, 1.807) is 0 Å². The molecular weight excluding hydrogens is 108 g/mol. The van der Waals surface area contributed by atoms with Crippen LogP contribution in [0.15, 0.2) is 0 Å². The molecule has 0 amide bonds. The van der Waals surface area contributed by atoms with E-state index >= 15 is 0 Å². The first kappa shape index (κ1) is 5.45. The number of hydrogen-bond donors (Lipinski definition) is 1. The summed E-state index contributed by atoms with van der Waals surface area (Å²) in [4.78, 5) is 0. The van der Waals surface area contributed by atoms with Gasteiger partial charge < -0.3 is 0 Å². The fraction of sp³-hybridized carbons (Fsp3) is 1.00. The zero-order valence-corrected chi connectivity index (χ0v) is 5.21. The fourth-order valence-electron chi connectivity index (χ4n) is 0.816. The second kappa shape index (κ2) is 2.58. The number of hydrogen-bond acceptors (Lipinski definition) is 1. The van der Waals surface area contributed by atoms with Crippen molar-refractivity contribution in [2.75, 3.05) is 11.5 Å². The largest absolute Gasteiger partial charge is 0.188 e. The first-order valence-corrected chi connectivity index (χ1v) is 4.28. The molecule has 1 aliphatic rings. The van der Waals surface area contributed by atoms with Gasteiger partial charge in [-0.3, -0.25) is 0 Å². The van der Waals surface area contributed by atoms with E-state index in [1.807, 2.05) is 0 Å². The molecule has 0 aromatic rings. The Hall–Kier alpha value is 0.310. The Bertz CT molecular complexity index is 50.0. The molecule has 0 aliphatic carbocycles. The maximum absolute atomic E-state index is 8.94. The molecule has 0 spiro atoms. The van der Waals surface area contributed by atoms with Gasteiger partial charge in [0.2, 0.25) is 0 Å². The van der Waals surface area contributed by atoms with Crippen molar-refractivity contribution in [3.8, 4) is 0 Å². The molecule has 1 heterocycles. The molecule has 1 aliphatic heterocycles. The Morgan fingerprint density at radius 3 is 1.86 bits per heavy atom. The van der Waals surface area contributed by atoms with E-state index in [0.717, 1.165) is 11.5 Å². The second-order valence-electron chi connectivity index (χ2n) is 1.93. The molecule has 1 rings (SSSR count). The molecular formula is C5H11OS+. The topological polar surface area (TPSA) is 20.2 Å². The van der Waals surface area contributed by atoms with Gasteiger partial charge in [-0.25, -0.2) is 0 Å². The second-order valence-corrected chi connectivity index (χ2v) is 3.67. The standard InChI is InChI=1S/C5H11OS/c6-7-4-2-1-3-5-7/h6H,1-5H2/q+1. The molecule has 0 aromatic carbocycles. The van der Waals surface area contributed by atoms with Gasteiger partial charge in [-0.15, -0.1) is 0 Å². The smallest absolute Gasteiger partial charge is 0.143 e. The summed E-state index contributed by atoms with van der Waals surface area (Å²) in [6.45, 7) is 0. The van der Waals surface area contributed by atoms with Crippen LogP contribution < -0.4 is 0 Å². The van der Waals surface area contributed by atoms with Crippen LogP contribution in [0.2, 0.25) is 0 Å². The summed E-state index contributed by atoms with van der Waals surface area (Å²) in [5, 5.41) is 0. The normalized spacial score (nSPS) is 25.3. The van der Waals surface area contributed by atoms with Gasteiger partial charge in [-0.1, -0.05) is 0 Å². The minimum atomic E-state index is -0.190. The molecule has 42 valence electrons. The Kier molecular flexibility index (Phi) is 2.00. The van der Waals surface area contributed by atoms with Crippen molar-refractivity contribution < 1.29 is 4.55 Å². The van der Waals surface area contributed by atoms with Gasteiger partial charge in [0.1, 0.15) is 22.7 Å². The summed E-state index contributed by atoms with van der Waals surface area (Å²) in [6, 6.07) is 0. The molecule has 1 nitrogen and oxygen atoms in total. The van der Waals surface area contributed by atoms with Crippen molar-refractivity contribution in [1.82, 2.24) is 0 Å². The third-order valence-corrected chi connectivity index (χ3v) is 2.78. The van der Waals surface area contributed by atoms with Gasteiger partial charge in [-0.05, 0) is 19.3 Å². The Balaban J connectivity index is 2.12. The third-order valence-electron chi connectivity index (χ3n) is 1.26. The number of rotatable bonds is 0. The van der Waals surface area contributed by atoms with Crippen molar-refractivity contribution >= 4 is 11.2 Å². The molecule has 1 fully saturated rings. The summed E-state index contributed by atoms with van der Waals surface area (Å²) in [6.07, 6.45) is 3.84. The lowest BCUT2D eigenvalue weighted by atomic mass is 10.3.